The van der Waals surface area contributed by atoms with Crippen molar-refractivity contribution in [3.63, 3.8) is 0 Å². The van der Waals surface area contributed by atoms with Gasteiger partial charge in [-0.1, -0.05) is 13.8 Å². The van der Waals surface area contributed by atoms with Crippen LogP contribution in [-0.4, -0.2) is 30.4 Å². The number of piperidine rings is 1. The first-order valence-corrected chi connectivity index (χ1v) is 7.88. The van der Waals surface area contributed by atoms with Gasteiger partial charge in [0.15, 0.2) is 0 Å². The van der Waals surface area contributed by atoms with Crippen molar-refractivity contribution in [3.05, 3.63) is 27.8 Å². The van der Waals surface area contributed by atoms with E-state index in [1.54, 1.807) is 0 Å². The minimum Gasteiger partial charge on any atom is -0.325 e. The number of halogens is 1. The molecule has 1 aliphatic heterocycles. The lowest BCUT2D eigenvalue weighted by molar-refractivity contribution is -0.117. The van der Waals surface area contributed by atoms with E-state index in [9.17, 15) is 4.79 Å². The number of amides is 1. The van der Waals surface area contributed by atoms with Crippen LogP contribution in [0.25, 0.3) is 0 Å². The number of hydrogen-bond donors (Lipinski definition) is 1. The Bertz CT molecular complexity index is 422. The van der Waals surface area contributed by atoms with Gasteiger partial charge < -0.3 is 5.32 Å². The van der Waals surface area contributed by atoms with E-state index < -0.39 is 0 Å². The minimum atomic E-state index is 0.0857. The Labute approximate surface area is 128 Å². The molecule has 0 aliphatic carbocycles. The quantitative estimate of drug-likeness (QED) is 0.827. The van der Waals surface area contributed by atoms with E-state index in [0.29, 0.717) is 18.4 Å². The van der Waals surface area contributed by atoms with Gasteiger partial charge in [0.2, 0.25) is 5.91 Å². The second-order valence-electron chi connectivity index (χ2n) is 5.70. The van der Waals surface area contributed by atoms with Crippen LogP contribution >= 0.6 is 22.6 Å². The van der Waals surface area contributed by atoms with Crippen molar-refractivity contribution in [1.29, 1.82) is 0 Å². The zero-order chi connectivity index (χ0) is 13.8. The van der Waals surface area contributed by atoms with E-state index in [-0.39, 0.29) is 5.91 Å². The topological polar surface area (TPSA) is 32.3 Å². The van der Waals surface area contributed by atoms with Gasteiger partial charge >= 0.3 is 0 Å². The maximum Gasteiger partial charge on any atom is 0.238 e. The lowest BCUT2D eigenvalue weighted by Crippen LogP contribution is -2.42. The predicted octanol–water partition coefficient (Wildman–Crippen LogP) is 3.21. The first kappa shape index (κ1) is 14.8. The van der Waals surface area contributed by atoms with Gasteiger partial charge in [0.25, 0.3) is 0 Å². The zero-order valence-corrected chi connectivity index (χ0v) is 13.7. The van der Waals surface area contributed by atoms with Crippen molar-refractivity contribution in [2.75, 3.05) is 25.0 Å². The summed E-state index contributed by atoms with van der Waals surface area (Å²) in [6.07, 6.45) is 1.27. The number of carbonyl (C=O) groups excluding carboxylic acids is 1. The summed E-state index contributed by atoms with van der Waals surface area (Å²) in [5.74, 6) is 1.47. The highest BCUT2D eigenvalue weighted by Gasteiger charge is 2.23. The molecule has 0 radical (unpaired) electrons. The van der Waals surface area contributed by atoms with Gasteiger partial charge in [-0.15, -0.1) is 0 Å². The van der Waals surface area contributed by atoms with Crippen molar-refractivity contribution < 1.29 is 4.79 Å². The minimum absolute atomic E-state index is 0.0857. The Balaban J connectivity index is 1.85. The van der Waals surface area contributed by atoms with Crippen LogP contribution in [0.4, 0.5) is 5.69 Å². The van der Waals surface area contributed by atoms with Gasteiger partial charge in [0.1, 0.15) is 0 Å². The molecule has 0 unspecified atom stereocenters. The van der Waals surface area contributed by atoms with Crippen LogP contribution < -0.4 is 5.32 Å². The van der Waals surface area contributed by atoms with Gasteiger partial charge in [-0.05, 0) is 65.1 Å². The van der Waals surface area contributed by atoms with Crippen LogP contribution in [0.3, 0.4) is 0 Å². The van der Waals surface area contributed by atoms with Crippen LogP contribution in [-0.2, 0) is 4.79 Å². The Hall–Kier alpha value is -0.620. The van der Waals surface area contributed by atoms with Crippen molar-refractivity contribution >= 4 is 34.2 Å². The summed E-state index contributed by atoms with van der Waals surface area (Å²) in [5, 5.41) is 2.96. The number of nitrogens with zero attached hydrogens (tertiary/aromatic N) is 1. The summed E-state index contributed by atoms with van der Waals surface area (Å²) in [5.41, 5.74) is 0.878. The molecule has 1 N–H and O–H groups in total. The molecule has 4 heteroatoms. The molecule has 2 rings (SSSR count). The molecule has 0 aromatic heterocycles. The number of likely N-dealkylation sites (tertiary alicyclic amines) is 1. The Morgan fingerprint density at radius 2 is 1.84 bits per heavy atom. The highest BCUT2D eigenvalue weighted by molar-refractivity contribution is 14.1. The molecule has 3 nitrogen and oxygen atoms in total. The Kier molecular flexibility index (Phi) is 5.21. The number of anilines is 1. The Morgan fingerprint density at radius 1 is 1.26 bits per heavy atom. The van der Waals surface area contributed by atoms with Crippen molar-refractivity contribution in [3.8, 4) is 0 Å². The van der Waals surface area contributed by atoms with Crippen LogP contribution in [0.1, 0.15) is 20.3 Å². The number of hydrogen-bond acceptors (Lipinski definition) is 2. The van der Waals surface area contributed by atoms with Gasteiger partial charge in [-0.25, -0.2) is 0 Å². The van der Waals surface area contributed by atoms with E-state index in [0.717, 1.165) is 18.8 Å². The van der Waals surface area contributed by atoms with E-state index in [2.05, 4.69) is 46.7 Å². The molecule has 1 saturated heterocycles. The molecule has 2 atom stereocenters. The second kappa shape index (κ2) is 6.70. The molecule has 1 aromatic rings. The molecular formula is C15H21IN2O. The smallest absolute Gasteiger partial charge is 0.238 e. The third kappa shape index (κ3) is 4.76. The van der Waals surface area contributed by atoms with Gasteiger partial charge in [0, 0.05) is 22.3 Å². The van der Waals surface area contributed by atoms with E-state index >= 15 is 0 Å². The molecular weight excluding hydrogens is 351 g/mol. The van der Waals surface area contributed by atoms with E-state index in [1.807, 2.05) is 24.3 Å². The molecule has 0 bridgehead atoms. The van der Waals surface area contributed by atoms with Gasteiger partial charge in [0.05, 0.1) is 6.54 Å². The molecule has 1 heterocycles. The third-order valence-corrected chi connectivity index (χ3v) is 4.16. The third-order valence-electron chi connectivity index (χ3n) is 3.44. The summed E-state index contributed by atoms with van der Waals surface area (Å²) >= 11 is 2.26. The molecule has 104 valence electrons. The summed E-state index contributed by atoms with van der Waals surface area (Å²) in [4.78, 5) is 14.3. The largest absolute Gasteiger partial charge is 0.325 e. The average molecular weight is 372 g/mol. The van der Waals surface area contributed by atoms with Crippen LogP contribution in [0.5, 0.6) is 0 Å². The summed E-state index contributed by atoms with van der Waals surface area (Å²) < 4.78 is 1.18. The number of rotatable bonds is 3. The molecule has 0 saturated carbocycles. The second-order valence-corrected chi connectivity index (χ2v) is 6.94. The fraction of sp³-hybridized carbons (Fsp3) is 0.533. The first-order chi connectivity index (χ1) is 9.02. The van der Waals surface area contributed by atoms with Gasteiger partial charge in [-0.3, -0.25) is 9.69 Å². The fourth-order valence-corrected chi connectivity index (χ4v) is 3.22. The maximum absolute atomic E-state index is 12.0. The number of carbonyl (C=O) groups is 1. The number of benzene rings is 1. The number of nitrogens with one attached hydrogen (secondary N) is 1. The Morgan fingerprint density at radius 3 is 2.42 bits per heavy atom. The predicted molar refractivity (Wildman–Crippen MR) is 87.2 cm³/mol. The summed E-state index contributed by atoms with van der Waals surface area (Å²) in [6.45, 7) is 7.09. The maximum atomic E-state index is 12.0. The molecule has 1 aliphatic rings. The summed E-state index contributed by atoms with van der Waals surface area (Å²) in [7, 11) is 0. The van der Waals surface area contributed by atoms with Crippen LogP contribution in [0.2, 0.25) is 0 Å². The molecule has 0 spiro atoms. The molecule has 19 heavy (non-hydrogen) atoms. The van der Waals surface area contributed by atoms with Crippen LogP contribution in [0.15, 0.2) is 24.3 Å². The SMILES string of the molecule is C[C@@H]1C[C@H](C)CN(CC(=O)Nc2ccc(I)cc2)C1. The fourth-order valence-electron chi connectivity index (χ4n) is 2.86. The zero-order valence-electron chi connectivity index (χ0n) is 11.5. The lowest BCUT2D eigenvalue weighted by Gasteiger charge is -2.34. The van der Waals surface area contributed by atoms with E-state index in [1.165, 1.54) is 9.99 Å². The lowest BCUT2D eigenvalue weighted by atomic mass is 9.92. The standard InChI is InChI=1S/C15H21IN2O/c1-11-7-12(2)9-18(8-11)10-15(19)17-14-5-3-13(16)4-6-14/h3-6,11-12H,7-10H2,1-2H3,(H,17,19)/t11-,12+. The monoisotopic (exact) mass is 372 g/mol. The average Bonchev–Trinajstić information content (AvgIpc) is 2.30. The van der Waals surface area contributed by atoms with Crippen molar-refractivity contribution in [2.45, 2.75) is 20.3 Å². The summed E-state index contributed by atoms with van der Waals surface area (Å²) in [6, 6.07) is 7.89. The van der Waals surface area contributed by atoms with Crippen molar-refractivity contribution in [2.24, 2.45) is 11.8 Å². The highest BCUT2D eigenvalue weighted by Crippen LogP contribution is 2.20. The highest BCUT2D eigenvalue weighted by atomic mass is 127. The normalized spacial score (nSPS) is 24.2. The molecule has 1 fully saturated rings. The molecule has 1 amide bonds. The van der Waals surface area contributed by atoms with Gasteiger partial charge in [-0.2, -0.15) is 0 Å². The van der Waals surface area contributed by atoms with E-state index in [4.69, 9.17) is 0 Å². The van der Waals surface area contributed by atoms with Crippen LogP contribution in [0, 0.1) is 15.4 Å². The van der Waals surface area contributed by atoms with Crippen molar-refractivity contribution in [1.82, 2.24) is 4.90 Å². The first-order valence-electron chi connectivity index (χ1n) is 6.80. The molecule has 1 aromatic carbocycles.